The molecule has 0 bridgehead atoms. The average Bonchev–Trinajstić information content (AvgIpc) is 3.15. The average molecular weight is 450 g/mol. The Morgan fingerprint density at radius 2 is 1.81 bits per heavy atom. The van der Waals surface area contributed by atoms with Crippen molar-refractivity contribution in [1.82, 2.24) is 10.3 Å². The van der Waals surface area contributed by atoms with E-state index in [0.717, 1.165) is 41.0 Å². The number of amides is 2. The van der Waals surface area contributed by atoms with Gasteiger partial charge in [-0.2, -0.15) is 5.10 Å². The van der Waals surface area contributed by atoms with Crippen molar-refractivity contribution >= 4 is 29.1 Å². The standard InChI is InChI=1S/C25H24ClN3O3/c1-16-22-20(27-28-24(30)18-11-13-19(26)14-12-18)9-6-10-21(22)32-23(16)25(31)29(2)15-17-7-4-3-5-8-17/h3-5,7-8,11-14H,6,9-10,15H2,1-2H3,(H,28,30)/b27-20+. The Morgan fingerprint density at radius 3 is 2.53 bits per heavy atom. The van der Waals surface area contributed by atoms with Crippen molar-refractivity contribution in [2.75, 3.05) is 7.05 Å². The minimum atomic E-state index is -0.318. The molecule has 32 heavy (non-hydrogen) atoms. The maximum Gasteiger partial charge on any atom is 0.289 e. The number of nitrogens with zero attached hydrogens (tertiary/aromatic N) is 2. The number of carbonyl (C=O) groups is 2. The van der Waals surface area contributed by atoms with Gasteiger partial charge in [0.05, 0.1) is 5.71 Å². The van der Waals surface area contributed by atoms with Gasteiger partial charge in [-0.15, -0.1) is 0 Å². The second kappa shape index (κ2) is 9.40. The fourth-order valence-electron chi connectivity index (χ4n) is 3.87. The molecule has 0 aliphatic heterocycles. The van der Waals surface area contributed by atoms with Crippen molar-refractivity contribution in [2.24, 2.45) is 5.10 Å². The lowest BCUT2D eigenvalue weighted by atomic mass is 9.93. The fraction of sp³-hybridized carbons (Fsp3) is 0.240. The first-order chi connectivity index (χ1) is 15.4. The summed E-state index contributed by atoms with van der Waals surface area (Å²) in [6.45, 7) is 2.36. The molecule has 0 unspecified atom stereocenters. The third kappa shape index (κ3) is 4.60. The third-order valence-corrected chi connectivity index (χ3v) is 5.78. The lowest BCUT2D eigenvalue weighted by Gasteiger charge is -2.16. The number of fused-ring (bicyclic) bond motifs is 1. The molecule has 3 aromatic rings. The number of rotatable bonds is 5. The molecule has 0 saturated carbocycles. The van der Waals surface area contributed by atoms with Gasteiger partial charge in [0.15, 0.2) is 5.76 Å². The minimum Gasteiger partial charge on any atom is -0.455 e. The predicted molar refractivity (Wildman–Crippen MR) is 124 cm³/mol. The van der Waals surface area contributed by atoms with Crippen LogP contribution < -0.4 is 5.43 Å². The molecule has 1 aliphatic rings. The highest BCUT2D eigenvalue weighted by molar-refractivity contribution is 6.30. The van der Waals surface area contributed by atoms with E-state index in [9.17, 15) is 9.59 Å². The number of carbonyl (C=O) groups excluding carboxylic acids is 2. The maximum atomic E-state index is 13.1. The summed E-state index contributed by atoms with van der Waals surface area (Å²) in [5.74, 6) is 0.573. The number of nitrogens with one attached hydrogen (secondary N) is 1. The van der Waals surface area contributed by atoms with Gasteiger partial charge in [0.25, 0.3) is 11.8 Å². The summed E-state index contributed by atoms with van der Waals surface area (Å²) in [6.07, 6.45) is 2.26. The normalized spacial score (nSPS) is 14.2. The van der Waals surface area contributed by atoms with Crippen molar-refractivity contribution in [1.29, 1.82) is 0 Å². The van der Waals surface area contributed by atoms with Crippen LogP contribution in [0.2, 0.25) is 5.02 Å². The summed E-state index contributed by atoms with van der Waals surface area (Å²) in [4.78, 5) is 27.2. The molecule has 1 N–H and O–H groups in total. The second-order valence-corrected chi connectivity index (χ2v) is 8.30. The number of hydrogen-bond acceptors (Lipinski definition) is 4. The van der Waals surface area contributed by atoms with Crippen molar-refractivity contribution in [3.05, 3.63) is 93.4 Å². The molecular weight excluding hydrogens is 426 g/mol. The van der Waals surface area contributed by atoms with E-state index in [0.29, 0.717) is 29.3 Å². The highest BCUT2D eigenvalue weighted by Gasteiger charge is 2.29. The smallest absolute Gasteiger partial charge is 0.289 e. The first-order valence-corrected chi connectivity index (χ1v) is 10.9. The lowest BCUT2D eigenvalue weighted by molar-refractivity contribution is 0.0750. The van der Waals surface area contributed by atoms with Crippen molar-refractivity contribution < 1.29 is 14.0 Å². The Morgan fingerprint density at radius 1 is 1.09 bits per heavy atom. The molecule has 0 spiro atoms. The maximum absolute atomic E-state index is 13.1. The van der Waals surface area contributed by atoms with Gasteiger partial charge in [-0.05, 0) is 49.6 Å². The van der Waals surface area contributed by atoms with Gasteiger partial charge in [0.2, 0.25) is 0 Å². The van der Waals surface area contributed by atoms with E-state index in [2.05, 4.69) is 10.5 Å². The summed E-state index contributed by atoms with van der Waals surface area (Å²) < 4.78 is 5.99. The number of benzene rings is 2. The van der Waals surface area contributed by atoms with Crippen LogP contribution in [0.3, 0.4) is 0 Å². The Hall–Kier alpha value is -3.38. The first kappa shape index (κ1) is 21.8. The number of furan rings is 1. The molecular formula is C25H24ClN3O3. The number of hydrogen-bond donors (Lipinski definition) is 1. The first-order valence-electron chi connectivity index (χ1n) is 10.5. The topological polar surface area (TPSA) is 74.9 Å². The van der Waals surface area contributed by atoms with Crippen LogP contribution in [0.4, 0.5) is 0 Å². The van der Waals surface area contributed by atoms with Crippen LogP contribution in [-0.2, 0) is 13.0 Å². The number of halogens is 1. The fourth-order valence-corrected chi connectivity index (χ4v) is 4.00. The summed E-state index contributed by atoms with van der Waals surface area (Å²) >= 11 is 5.88. The van der Waals surface area contributed by atoms with Crippen LogP contribution in [-0.4, -0.2) is 29.5 Å². The molecule has 2 aromatic carbocycles. The van der Waals surface area contributed by atoms with E-state index in [4.69, 9.17) is 16.0 Å². The monoisotopic (exact) mass is 449 g/mol. The quantitative estimate of drug-likeness (QED) is 0.558. The van der Waals surface area contributed by atoms with Crippen LogP contribution in [0.5, 0.6) is 0 Å². The second-order valence-electron chi connectivity index (χ2n) is 7.86. The van der Waals surface area contributed by atoms with Gasteiger partial charge in [0, 0.05) is 41.7 Å². The summed E-state index contributed by atoms with van der Waals surface area (Å²) in [5, 5.41) is 4.93. The van der Waals surface area contributed by atoms with E-state index in [1.807, 2.05) is 37.3 Å². The van der Waals surface area contributed by atoms with Gasteiger partial charge in [-0.1, -0.05) is 41.9 Å². The van der Waals surface area contributed by atoms with Crippen LogP contribution in [0, 0.1) is 6.92 Å². The Labute approximate surface area is 191 Å². The Kier molecular flexibility index (Phi) is 6.42. The number of aryl methyl sites for hydroxylation is 1. The molecule has 0 radical (unpaired) electrons. The molecule has 2 amide bonds. The Balaban J connectivity index is 1.54. The molecule has 7 heteroatoms. The van der Waals surface area contributed by atoms with E-state index in [-0.39, 0.29) is 11.8 Å². The molecule has 1 aromatic heterocycles. The van der Waals surface area contributed by atoms with Gasteiger partial charge in [-0.25, -0.2) is 5.43 Å². The van der Waals surface area contributed by atoms with Crippen LogP contribution in [0.15, 0.2) is 64.1 Å². The highest BCUT2D eigenvalue weighted by Crippen LogP contribution is 2.30. The molecule has 1 aliphatic carbocycles. The zero-order valence-electron chi connectivity index (χ0n) is 18.0. The summed E-state index contributed by atoms with van der Waals surface area (Å²) in [7, 11) is 1.76. The molecule has 0 fully saturated rings. The van der Waals surface area contributed by atoms with Gasteiger partial charge < -0.3 is 9.32 Å². The lowest BCUT2D eigenvalue weighted by Crippen LogP contribution is -2.26. The van der Waals surface area contributed by atoms with Gasteiger partial charge >= 0.3 is 0 Å². The van der Waals surface area contributed by atoms with Gasteiger partial charge in [0.1, 0.15) is 5.76 Å². The van der Waals surface area contributed by atoms with Crippen LogP contribution in [0.25, 0.3) is 0 Å². The van der Waals surface area contributed by atoms with Crippen molar-refractivity contribution in [2.45, 2.75) is 32.7 Å². The van der Waals surface area contributed by atoms with Gasteiger partial charge in [-0.3, -0.25) is 9.59 Å². The highest BCUT2D eigenvalue weighted by atomic mass is 35.5. The largest absolute Gasteiger partial charge is 0.455 e. The number of hydrazone groups is 1. The predicted octanol–water partition coefficient (Wildman–Crippen LogP) is 4.98. The van der Waals surface area contributed by atoms with E-state index >= 15 is 0 Å². The van der Waals surface area contributed by atoms with E-state index in [1.54, 1.807) is 36.2 Å². The SMILES string of the molecule is Cc1c(C(=O)N(C)Cc2ccccc2)oc2c1/C(=N/NC(=O)c1ccc(Cl)cc1)CCC2. The molecule has 1 heterocycles. The minimum absolute atomic E-state index is 0.176. The van der Waals surface area contributed by atoms with E-state index < -0.39 is 0 Å². The molecule has 0 saturated heterocycles. The summed E-state index contributed by atoms with van der Waals surface area (Å²) in [6, 6.07) is 16.4. The van der Waals surface area contributed by atoms with Crippen LogP contribution in [0.1, 0.15) is 56.2 Å². The third-order valence-electron chi connectivity index (χ3n) is 5.53. The zero-order valence-corrected chi connectivity index (χ0v) is 18.8. The zero-order chi connectivity index (χ0) is 22.7. The van der Waals surface area contributed by atoms with Crippen molar-refractivity contribution in [3.8, 4) is 0 Å². The molecule has 4 rings (SSSR count). The Bertz CT molecular complexity index is 1170. The van der Waals surface area contributed by atoms with Crippen LogP contribution >= 0.6 is 11.6 Å². The van der Waals surface area contributed by atoms with Crippen molar-refractivity contribution in [3.63, 3.8) is 0 Å². The van der Waals surface area contributed by atoms with E-state index in [1.165, 1.54) is 0 Å². The molecule has 6 nitrogen and oxygen atoms in total. The molecule has 164 valence electrons. The summed E-state index contributed by atoms with van der Waals surface area (Å²) in [5.41, 5.74) is 6.43. The molecule has 0 atom stereocenters.